The molecule has 2 aromatic carbocycles. The minimum absolute atomic E-state index is 0.0339. The number of fused-ring (bicyclic) bond motifs is 1. The van der Waals surface area contributed by atoms with Crippen LogP contribution in [-0.2, 0) is 20.9 Å². The summed E-state index contributed by atoms with van der Waals surface area (Å²) in [4.78, 5) is 41.3. The van der Waals surface area contributed by atoms with Gasteiger partial charge in [-0.1, -0.05) is 49.6 Å². The van der Waals surface area contributed by atoms with E-state index in [4.69, 9.17) is 0 Å². The summed E-state index contributed by atoms with van der Waals surface area (Å²) in [5.74, 6) is -0.675. The number of carbonyl (C=O) groups is 3. The molecule has 2 aliphatic rings. The lowest BCUT2D eigenvalue weighted by atomic mass is 9.94. The molecule has 0 saturated heterocycles. The first-order valence-corrected chi connectivity index (χ1v) is 11.8. The number of hydrogen-bond acceptors (Lipinski definition) is 4. The Labute approximate surface area is 195 Å². The van der Waals surface area contributed by atoms with Gasteiger partial charge in [0.25, 0.3) is 0 Å². The van der Waals surface area contributed by atoms with E-state index >= 15 is 0 Å². The summed E-state index contributed by atoms with van der Waals surface area (Å²) in [7, 11) is 2.15. The highest BCUT2D eigenvalue weighted by atomic mass is 16.2. The fourth-order valence-electron chi connectivity index (χ4n) is 4.72. The van der Waals surface area contributed by atoms with E-state index in [0.717, 1.165) is 17.8 Å². The highest BCUT2D eigenvalue weighted by Crippen LogP contribution is 2.29. The van der Waals surface area contributed by atoms with Crippen molar-refractivity contribution in [2.45, 2.75) is 57.5 Å². The van der Waals surface area contributed by atoms with Crippen molar-refractivity contribution in [3.63, 3.8) is 0 Å². The summed E-state index contributed by atoms with van der Waals surface area (Å²) in [6, 6.07) is 15.6. The Hall–Kier alpha value is -3.19. The van der Waals surface area contributed by atoms with Crippen molar-refractivity contribution in [2.24, 2.45) is 0 Å². The highest BCUT2D eigenvalue weighted by molar-refractivity contribution is 6.10. The summed E-state index contributed by atoms with van der Waals surface area (Å²) in [6.45, 7) is 0.744. The van der Waals surface area contributed by atoms with E-state index in [9.17, 15) is 14.4 Å². The standard InChI is InChI=1S/C26H32N4O3/c1-29(20-10-3-2-4-11-20)17-19-9-5-6-12-21(19)27-24(31)15-16-26(33)30-18-25(32)28-22-13-7-8-14-23(22)30/h5-9,12-14,20H,2-4,10-11,15-18H2,1H3,(H,27,31)(H,28,32). The van der Waals surface area contributed by atoms with Gasteiger partial charge in [-0.05, 0) is 43.7 Å². The second kappa shape index (κ2) is 10.6. The van der Waals surface area contributed by atoms with Crippen LogP contribution >= 0.6 is 0 Å². The minimum atomic E-state index is -0.238. The molecule has 1 heterocycles. The molecule has 2 N–H and O–H groups in total. The molecule has 33 heavy (non-hydrogen) atoms. The molecule has 174 valence electrons. The van der Waals surface area contributed by atoms with E-state index < -0.39 is 0 Å². The van der Waals surface area contributed by atoms with Crippen LogP contribution in [0.3, 0.4) is 0 Å². The van der Waals surface area contributed by atoms with Gasteiger partial charge in [0.2, 0.25) is 17.7 Å². The van der Waals surface area contributed by atoms with Crippen LogP contribution in [0.25, 0.3) is 0 Å². The van der Waals surface area contributed by atoms with Gasteiger partial charge in [0.1, 0.15) is 6.54 Å². The van der Waals surface area contributed by atoms with Crippen LogP contribution in [0.5, 0.6) is 0 Å². The molecule has 1 fully saturated rings. The fraction of sp³-hybridized carbons (Fsp3) is 0.423. The van der Waals surface area contributed by atoms with Crippen molar-refractivity contribution in [1.29, 1.82) is 0 Å². The lowest BCUT2D eigenvalue weighted by Gasteiger charge is -2.31. The van der Waals surface area contributed by atoms with Gasteiger partial charge in [0.05, 0.1) is 11.4 Å². The molecule has 7 nitrogen and oxygen atoms in total. The minimum Gasteiger partial charge on any atom is -0.326 e. The number of benzene rings is 2. The maximum atomic E-state index is 12.8. The van der Waals surface area contributed by atoms with Crippen LogP contribution in [0.1, 0.15) is 50.5 Å². The van der Waals surface area contributed by atoms with Gasteiger partial charge >= 0.3 is 0 Å². The van der Waals surface area contributed by atoms with Crippen molar-refractivity contribution < 1.29 is 14.4 Å². The van der Waals surface area contributed by atoms with Crippen molar-refractivity contribution in [1.82, 2.24) is 4.90 Å². The van der Waals surface area contributed by atoms with Gasteiger partial charge < -0.3 is 15.5 Å². The Morgan fingerprint density at radius 1 is 1.03 bits per heavy atom. The van der Waals surface area contributed by atoms with E-state index in [1.165, 1.54) is 37.0 Å². The number of hydrogen-bond donors (Lipinski definition) is 2. The number of anilines is 3. The summed E-state index contributed by atoms with van der Waals surface area (Å²) in [5.41, 5.74) is 3.15. The number of para-hydroxylation sites is 3. The zero-order chi connectivity index (χ0) is 23.2. The van der Waals surface area contributed by atoms with Gasteiger partial charge in [-0.15, -0.1) is 0 Å². The molecule has 2 aromatic rings. The molecule has 3 amide bonds. The van der Waals surface area contributed by atoms with Crippen LogP contribution in [0.15, 0.2) is 48.5 Å². The summed E-state index contributed by atoms with van der Waals surface area (Å²) >= 11 is 0. The second-order valence-corrected chi connectivity index (χ2v) is 8.96. The maximum absolute atomic E-state index is 12.8. The Morgan fingerprint density at radius 2 is 1.76 bits per heavy atom. The predicted molar refractivity (Wildman–Crippen MR) is 130 cm³/mol. The van der Waals surface area contributed by atoms with Gasteiger partial charge in [-0.25, -0.2) is 0 Å². The molecular formula is C26H32N4O3. The quantitative estimate of drug-likeness (QED) is 0.667. The zero-order valence-corrected chi connectivity index (χ0v) is 19.2. The highest BCUT2D eigenvalue weighted by Gasteiger charge is 2.26. The molecule has 1 aliphatic carbocycles. The van der Waals surface area contributed by atoms with Crippen molar-refractivity contribution in [2.75, 3.05) is 29.1 Å². The summed E-state index contributed by atoms with van der Waals surface area (Å²) < 4.78 is 0. The smallest absolute Gasteiger partial charge is 0.244 e. The van der Waals surface area contributed by atoms with E-state index in [0.29, 0.717) is 17.4 Å². The van der Waals surface area contributed by atoms with Gasteiger partial charge in [-0.3, -0.25) is 19.3 Å². The first-order chi connectivity index (χ1) is 16.0. The molecular weight excluding hydrogens is 416 g/mol. The average molecular weight is 449 g/mol. The van der Waals surface area contributed by atoms with E-state index in [-0.39, 0.29) is 37.1 Å². The molecule has 0 aromatic heterocycles. The molecule has 1 saturated carbocycles. The molecule has 7 heteroatoms. The monoisotopic (exact) mass is 448 g/mol. The average Bonchev–Trinajstić information content (AvgIpc) is 2.83. The molecule has 4 rings (SSSR count). The van der Waals surface area contributed by atoms with E-state index in [1.54, 1.807) is 12.1 Å². The summed E-state index contributed by atoms with van der Waals surface area (Å²) in [5, 5.41) is 5.76. The lowest BCUT2D eigenvalue weighted by Crippen LogP contribution is -2.42. The van der Waals surface area contributed by atoms with Gasteiger partial charge in [0, 0.05) is 31.1 Å². The topological polar surface area (TPSA) is 81.8 Å². The predicted octanol–water partition coefficient (Wildman–Crippen LogP) is 4.16. The van der Waals surface area contributed by atoms with Crippen LogP contribution < -0.4 is 15.5 Å². The van der Waals surface area contributed by atoms with Crippen LogP contribution in [0.2, 0.25) is 0 Å². The molecule has 1 aliphatic heterocycles. The normalized spacial score (nSPS) is 16.3. The number of amides is 3. The lowest BCUT2D eigenvalue weighted by molar-refractivity contribution is -0.124. The Bertz CT molecular complexity index is 1020. The molecule has 0 unspecified atom stereocenters. The molecule has 0 spiro atoms. The zero-order valence-electron chi connectivity index (χ0n) is 19.2. The van der Waals surface area contributed by atoms with Crippen LogP contribution in [-0.4, -0.2) is 42.3 Å². The Kier molecular flexibility index (Phi) is 7.40. The number of carbonyl (C=O) groups excluding carboxylic acids is 3. The van der Waals surface area contributed by atoms with Gasteiger partial charge in [0.15, 0.2) is 0 Å². The van der Waals surface area contributed by atoms with Crippen LogP contribution in [0, 0.1) is 0 Å². The van der Waals surface area contributed by atoms with Gasteiger partial charge in [-0.2, -0.15) is 0 Å². The first-order valence-electron chi connectivity index (χ1n) is 11.8. The van der Waals surface area contributed by atoms with E-state index in [1.807, 2.05) is 36.4 Å². The largest absolute Gasteiger partial charge is 0.326 e. The van der Waals surface area contributed by atoms with Crippen LogP contribution in [0.4, 0.5) is 17.1 Å². The fourth-order valence-corrected chi connectivity index (χ4v) is 4.72. The Morgan fingerprint density at radius 3 is 2.58 bits per heavy atom. The Balaban J connectivity index is 1.34. The molecule has 0 atom stereocenters. The third-order valence-corrected chi connectivity index (χ3v) is 6.55. The number of rotatable bonds is 7. The molecule has 0 radical (unpaired) electrons. The van der Waals surface area contributed by atoms with Crippen molar-refractivity contribution in [3.05, 3.63) is 54.1 Å². The second-order valence-electron chi connectivity index (χ2n) is 8.96. The SMILES string of the molecule is CN(Cc1ccccc1NC(=O)CCC(=O)N1CC(=O)Nc2ccccc21)C1CCCCC1. The molecule has 0 bridgehead atoms. The number of nitrogens with one attached hydrogen (secondary N) is 2. The number of nitrogens with zero attached hydrogens (tertiary/aromatic N) is 2. The third-order valence-electron chi connectivity index (χ3n) is 6.55. The maximum Gasteiger partial charge on any atom is 0.244 e. The summed E-state index contributed by atoms with van der Waals surface area (Å²) in [6.07, 6.45) is 6.44. The van der Waals surface area contributed by atoms with Crippen molar-refractivity contribution in [3.8, 4) is 0 Å². The third kappa shape index (κ3) is 5.79. The van der Waals surface area contributed by atoms with Crippen molar-refractivity contribution >= 4 is 34.8 Å². The first kappa shape index (κ1) is 23.0. The van der Waals surface area contributed by atoms with E-state index in [2.05, 4.69) is 22.6 Å².